The fourth-order valence-corrected chi connectivity index (χ4v) is 1.45. The Labute approximate surface area is 96.8 Å². The molecule has 3 heteroatoms. The lowest BCUT2D eigenvalue weighted by atomic mass is 10.1. The maximum absolute atomic E-state index is 6.04. The highest BCUT2D eigenvalue weighted by Crippen LogP contribution is 2.26. The topological polar surface area (TPSA) is 12.5 Å². The van der Waals surface area contributed by atoms with Gasteiger partial charge in [-0.1, -0.05) is 17.7 Å². The average Bonchev–Trinajstić information content (AvgIpc) is 2.13. The van der Waals surface area contributed by atoms with Crippen molar-refractivity contribution in [2.45, 2.75) is 13.8 Å². The Morgan fingerprint density at radius 1 is 1.20 bits per heavy atom. The summed E-state index contributed by atoms with van der Waals surface area (Å²) in [5, 5.41) is 0.764. The van der Waals surface area contributed by atoms with Crippen LogP contribution in [0.1, 0.15) is 11.1 Å². The molecular weight excluding hydrogens is 210 g/mol. The Bertz CT molecular complexity index is 337. The zero-order chi connectivity index (χ0) is 11.4. The van der Waals surface area contributed by atoms with Gasteiger partial charge in [-0.3, -0.25) is 0 Å². The quantitative estimate of drug-likeness (QED) is 0.785. The van der Waals surface area contributed by atoms with E-state index in [4.69, 9.17) is 16.3 Å². The zero-order valence-corrected chi connectivity index (χ0v) is 10.6. The van der Waals surface area contributed by atoms with Crippen molar-refractivity contribution in [1.29, 1.82) is 0 Å². The molecule has 0 radical (unpaired) electrons. The summed E-state index contributed by atoms with van der Waals surface area (Å²) in [5.74, 6) is 0.882. The number of hydrogen-bond donors (Lipinski definition) is 0. The van der Waals surface area contributed by atoms with Crippen molar-refractivity contribution in [2.24, 2.45) is 0 Å². The Balaban J connectivity index is 2.65. The molecule has 0 atom stereocenters. The monoisotopic (exact) mass is 227 g/mol. The lowest BCUT2D eigenvalue weighted by Gasteiger charge is -2.13. The number of rotatable bonds is 4. The van der Waals surface area contributed by atoms with Crippen LogP contribution in [0.5, 0.6) is 5.75 Å². The molecule has 0 N–H and O–H groups in total. The van der Waals surface area contributed by atoms with Crippen LogP contribution in [-0.4, -0.2) is 32.1 Å². The van der Waals surface area contributed by atoms with E-state index in [1.165, 1.54) is 0 Å². The molecule has 0 fully saturated rings. The van der Waals surface area contributed by atoms with Crippen LogP contribution in [0.3, 0.4) is 0 Å². The van der Waals surface area contributed by atoms with E-state index in [1.54, 1.807) is 0 Å². The second kappa shape index (κ2) is 5.38. The van der Waals surface area contributed by atoms with E-state index in [-0.39, 0.29) is 0 Å². The van der Waals surface area contributed by atoms with Gasteiger partial charge in [-0.15, -0.1) is 0 Å². The van der Waals surface area contributed by atoms with Crippen LogP contribution in [0.4, 0.5) is 0 Å². The Hall–Kier alpha value is -0.730. The van der Waals surface area contributed by atoms with Gasteiger partial charge in [0, 0.05) is 11.6 Å². The molecule has 2 nitrogen and oxygen atoms in total. The predicted molar refractivity (Wildman–Crippen MR) is 65.0 cm³/mol. The van der Waals surface area contributed by atoms with E-state index in [0.29, 0.717) is 6.61 Å². The highest BCUT2D eigenvalue weighted by Gasteiger charge is 2.03. The van der Waals surface area contributed by atoms with Crippen molar-refractivity contribution < 1.29 is 4.74 Å². The van der Waals surface area contributed by atoms with Crippen molar-refractivity contribution in [1.82, 2.24) is 4.90 Å². The van der Waals surface area contributed by atoms with E-state index in [2.05, 4.69) is 4.90 Å². The van der Waals surface area contributed by atoms with Gasteiger partial charge >= 0.3 is 0 Å². The van der Waals surface area contributed by atoms with Crippen molar-refractivity contribution in [3.63, 3.8) is 0 Å². The minimum Gasteiger partial charge on any atom is -0.492 e. The molecule has 1 aromatic rings. The van der Waals surface area contributed by atoms with Crippen LogP contribution < -0.4 is 4.74 Å². The van der Waals surface area contributed by atoms with Gasteiger partial charge in [-0.05, 0) is 45.1 Å². The van der Waals surface area contributed by atoms with Crippen molar-refractivity contribution >= 4 is 11.6 Å². The third-order valence-electron chi connectivity index (χ3n) is 2.25. The maximum atomic E-state index is 6.04. The summed E-state index contributed by atoms with van der Waals surface area (Å²) in [6.07, 6.45) is 0. The second-order valence-corrected chi connectivity index (χ2v) is 4.43. The van der Waals surface area contributed by atoms with E-state index in [1.807, 2.05) is 40.1 Å². The first-order valence-corrected chi connectivity index (χ1v) is 5.43. The van der Waals surface area contributed by atoms with Crippen LogP contribution >= 0.6 is 11.6 Å². The summed E-state index contributed by atoms with van der Waals surface area (Å²) < 4.78 is 5.66. The number of halogens is 1. The van der Waals surface area contributed by atoms with E-state index in [9.17, 15) is 0 Å². The van der Waals surface area contributed by atoms with Gasteiger partial charge in [0.1, 0.15) is 12.4 Å². The number of ether oxygens (including phenoxy) is 1. The Morgan fingerprint density at radius 3 is 2.47 bits per heavy atom. The van der Waals surface area contributed by atoms with Crippen LogP contribution in [0.25, 0.3) is 0 Å². The molecule has 15 heavy (non-hydrogen) atoms. The van der Waals surface area contributed by atoms with Gasteiger partial charge in [-0.25, -0.2) is 0 Å². The molecule has 0 aliphatic rings. The fraction of sp³-hybridized carbons (Fsp3) is 0.500. The zero-order valence-electron chi connectivity index (χ0n) is 9.80. The summed E-state index contributed by atoms with van der Waals surface area (Å²) in [5.41, 5.74) is 2.23. The molecule has 0 spiro atoms. The van der Waals surface area contributed by atoms with Crippen LogP contribution in [0.2, 0.25) is 5.02 Å². The smallest absolute Gasteiger partial charge is 0.123 e. The molecule has 84 valence electrons. The van der Waals surface area contributed by atoms with Crippen molar-refractivity contribution in [3.05, 3.63) is 28.3 Å². The van der Waals surface area contributed by atoms with Crippen LogP contribution in [0.15, 0.2) is 12.1 Å². The highest BCUT2D eigenvalue weighted by molar-refractivity contribution is 6.31. The van der Waals surface area contributed by atoms with Gasteiger partial charge in [0.25, 0.3) is 0 Å². The summed E-state index contributed by atoms with van der Waals surface area (Å²) in [7, 11) is 4.05. The normalized spacial score (nSPS) is 10.8. The number of likely N-dealkylation sites (N-methyl/N-ethyl adjacent to an activating group) is 1. The molecule has 0 saturated carbocycles. The number of aryl methyl sites for hydroxylation is 2. The van der Waals surface area contributed by atoms with E-state index in [0.717, 1.165) is 28.4 Å². The SMILES string of the molecule is Cc1cc(C)c(OCCN(C)C)cc1Cl. The third kappa shape index (κ3) is 3.73. The number of nitrogens with zero attached hydrogens (tertiary/aromatic N) is 1. The summed E-state index contributed by atoms with van der Waals surface area (Å²) >= 11 is 6.04. The molecule has 0 saturated heterocycles. The van der Waals surface area contributed by atoms with Crippen LogP contribution in [0, 0.1) is 13.8 Å². The Morgan fingerprint density at radius 2 is 1.87 bits per heavy atom. The van der Waals surface area contributed by atoms with E-state index < -0.39 is 0 Å². The molecule has 1 aromatic carbocycles. The average molecular weight is 228 g/mol. The van der Waals surface area contributed by atoms with E-state index >= 15 is 0 Å². The largest absolute Gasteiger partial charge is 0.492 e. The lowest BCUT2D eigenvalue weighted by molar-refractivity contribution is 0.260. The number of benzene rings is 1. The summed E-state index contributed by atoms with van der Waals surface area (Å²) in [6, 6.07) is 3.94. The molecule has 0 aromatic heterocycles. The molecule has 1 rings (SSSR count). The maximum Gasteiger partial charge on any atom is 0.123 e. The molecule has 0 amide bonds. The van der Waals surface area contributed by atoms with Gasteiger partial charge in [0.15, 0.2) is 0 Å². The van der Waals surface area contributed by atoms with Gasteiger partial charge in [-0.2, -0.15) is 0 Å². The molecule has 0 bridgehead atoms. The summed E-state index contributed by atoms with van der Waals surface area (Å²) in [6.45, 7) is 5.63. The Kier molecular flexibility index (Phi) is 4.43. The first-order chi connectivity index (χ1) is 7.00. The standard InChI is InChI=1S/C12H18ClNO/c1-9-7-10(2)12(8-11(9)13)15-6-5-14(3)4/h7-8H,5-6H2,1-4H3. The molecule has 0 aliphatic carbocycles. The lowest BCUT2D eigenvalue weighted by Crippen LogP contribution is -2.19. The third-order valence-corrected chi connectivity index (χ3v) is 2.66. The molecular formula is C12H18ClNO. The van der Waals surface area contributed by atoms with Gasteiger partial charge in [0.2, 0.25) is 0 Å². The minimum atomic E-state index is 0.688. The summed E-state index contributed by atoms with van der Waals surface area (Å²) in [4.78, 5) is 2.09. The first kappa shape index (κ1) is 12.3. The predicted octanol–water partition coefficient (Wildman–Crippen LogP) is 2.90. The van der Waals surface area contributed by atoms with Gasteiger partial charge in [0.05, 0.1) is 0 Å². The molecule has 0 unspecified atom stereocenters. The molecule has 0 aliphatic heterocycles. The number of hydrogen-bond acceptors (Lipinski definition) is 2. The fourth-order valence-electron chi connectivity index (χ4n) is 1.30. The minimum absolute atomic E-state index is 0.688. The molecule has 0 heterocycles. The highest BCUT2D eigenvalue weighted by atomic mass is 35.5. The first-order valence-electron chi connectivity index (χ1n) is 5.05. The van der Waals surface area contributed by atoms with Crippen molar-refractivity contribution in [2.75, 3.05) is 27.2 Å². The van der Waals surface area contributed by atoms with Crippen molar-refractivity contribution in [3.8, 4) is 5.75 Å². The van der Waals surface area contributed by atoms with Crippen LogP contribution in [-0.2, 0) is 0 Å². The van der Waals surface area contributed by atoms with Gasteiger partial charge < -0.3 is 9.64 Å². The second-order valence-electron chi connectivity index (χ2n) is 4.02.